The van der Waals surface area contributed by atoms with Gasteiger partial charge in [-0.2, -0.15) is 11.8 Å². The molecule has 0 aliphatic heterocycles. The van der Waals surface area contributed by atoms with Crippen molar-refractivity contribution in [1.29, 1.82) is 0 Å². The van der Waals surface area contributed by atoms with E-state index in [0.717, 1.165) is 34.4 Å². The van der Waals surface area contributed by atoms with Crippen LogP contribution in [0.15, 0.2) is 12.1 Å². The standard InChI is InChI=1S/C20H31NO2S/c1-14-12-15(2)16(3)19(13-14)23-17(4)20(22)21-10-11-24-18-8-6-5-7-9-18/h12-13,17-18H,5-11H2,1-4H3,(H,21,22)/t17-/m0/s1. The van der Waals surface area contributed by atoms with Crippen LogP contribution in [0.2, 0.25) is 0 Å². The molecule has 1 fully saturated rings. The number of hydrogen-bond acceptors (Lipinski definition) is 3. The third-order valence-corrected chi connectivity index (χ3v) is 6.13. The molecule has 0 heterocycles. The van der Waals surface area contributed by atoms with Crippen molar-refractivity contribution >= 4 is 17.7 Å². The summed E-state index contributed by atoms with van der Waals surface area (Å²) in [5, 5.41) is 3.80. The average molecular weight is 350 g/mol. The van der Waals surface area contributed by atoms with E-state index in [1.807, 2.05) is 38.6 Å². The maximum Gasteiger partial charge on any atom is 0.260 e. The van der Waals surface area contributed by atoms with Gasteiger partial charge in [-0.1, -0.05) is 25.3 Å². The van der Waals surface area contributed by atoms with Gasteiger partial charge >= 0.3 is 0 Å². The molecule has 0 radical (unpaired) electrons. The predicted octanol–water partition coefficient (Wildman–Crippen LogP) is 4.56. The fourth-order valence-corrected chi connectivity index (χ4v) is 4.36. The summed E-state index contributed by atoms with van der Waals surface area (Å²) in [5.41, 5.74) is 3.46. The first-order valence-corrected chi connectivity index (χ1v) is 10.2. The Morgan fingerprint density at radius 2 is 1.96 bits per heavy atom. The normalized spacial score (nSPS) is 16.7. The van der Waals surface area contributed by atoms with Crippen LogP contribution < -0.4 is 10.1 Å². The molecule has 0 spiro atoms. The van der Waals surface area contributed by atoms with E-state index in [1.165, 1.54) is 37.7 Å². The second kappa shape index (κ2) is 9.36. The molecule has 1 aliphatic rings. The summed E-state index contributed by atoms with van der Waals surface area (Å²) < 4.78 is 5.90. The lowest BCUT2D eigenvalue weighted by atomic mass is 10.0. The largest absolute Gasteiger partial charge is 0.481 e. The number of hydrogen-bond donors (Lipinski definition) is 1. The van der Waals surface area contributed by atoms with Gasteiger partial charge in [0.1, 0.15) is 5.75 Å². The summed E-state index contributed by atoms with van der Waals surface area (Å²) in [6, 6.07) is 4.14. The van der Waals surface area contributed by atoms with Crippen molar-refractivity contribution < 1.29 is 9.53 Å². The third kappa shape index (κ3) is 5.73. The Morgan fingerprint density at radius 1 is 1.25 bits per heavy atom. The molecule has 24 heavy (non-hydrogen) atoms. The maximum absolute atomic E-state index is 12.2. The van der Waals surface area contributed by atoms with Gasteiger partial charge < -0.3 is 10.1 Å². The van der Waals surface area contributed by atoms with E-state index in [9.17, 15) is 4.79 Å². The summed E-state index contributed by atoms with van der Waals surface area (Å²) in [6.07, 6.45) is 6.33. The Labute approximate surface area is 150 Å². The van der Waals surface area contributed by atoms with Gasteiger partial charge in [0.2, 0.25) is 0 Å². The molecule has 2 rings (SSSR count). The van der Waals surface area contributed by atoms with Crippen molar-refractivity contribution in [2.24, 2.45) is 0 Å². The Morgan fingerprint density at radius 3 is 2.67 bits per heavy atom. The Bertz CT molecular complexity index is 553. The molecule has 3 nitrogen and oxygen atoms in total. The number of rotatable bonds is 7. The molecule has 1 aromatic rings. The lowest BCUT2D eigenvalue weighted by Gasteiger charge is -2.21. The molecular formula is C20H31NO2S. The molecule has 1 amide bonds. The van der Waals surface area contributed by atoms with Crippen LogP contribution in [0, 0.1) is 20.8 Å². The lowest BCUT2D eigenvalue weighted by Crippen LogP contribution is -2.37. The van der Waals surface area contributed by atoms with Crippen molar-refractivity contribution in [3.8, 4) is 5.75 Å². The summed E-state index contributed by atoms with van der Waals surface area (Å²) >= 11 is 2.01. The zero-order chi connectivity index (χ0) is 17.5. The van der Waals surface area contributed by atoms with Crippen molar-refractivity contribution in [2.45, 2.75) is 71.2 Å². The van der Waals surface area contributed by atoms with Crippen molar-refractivity contribution in [3.05, 3.63) is 28.8 Å². The van der Waals surface area contributed by atoms with Crippen LogP contribution in [0.4, 0.5) is 0 Å². The van der Waals surface area contributed by atoms with E-state index >= 15 is 0 Å². The first-order valence-electron chi connectivity index (χ1n) is 9.11. The van der Waals surface area contributed by atoms with E-state index in [0.29, 0.717) is 0 Å². The van der Waals surface area contributed by atoms with Crippen LogP contribution in [0.3, 0.4) is 0 Å². The SMILES string of the molecule is Cc1cc(C)c(C)c(O[C@@H](C)C(=O)NCCSC2CCCCC2)c1. The number of nitrogens with one attached hydrogen (secondary N) is 1. The van der Waals surface area contributed by atoms with Crippen LogP contribution >= 0.6 is 11.8 Å². The molecule has 1 N–H and O–H groups in total. The molecule has 134 valence electrons. The molecule has 0 aromatic heterocycles. The number of benzene rings is 1. The first kappa shape index (κ1) is 19.2. The summed E-state index contributed by atoms with van der Waals surface area (Å²) in [5.74, 6) is 1.77. The van der Waals surface area contributed by atoms with E-state index in [1.54, 1.807) is 0 Å². The maximum atomic E-state index is 12.2. The topological polar surface area (TPSA) is 38.3 Å². The number of aryl methyl sites for hydroxylation is 2. The second-order valence-electron chi connectivity index (χ2n) is 6.89. The van der Waals surface area contributed by atoms with E-state index in [-0.39, 0.29) is 5.91 Å². The molecule has 0 unspecified atom stereocenters. The molecule has 1 atom stereocenters. The number of amides is 1. The number of ether oxygens (including phenoxy) is 1. The van der Waals surface area contributed by atoms with E-state index < -0.39 is 6.10 Å². The van der Waals surface area contributed by atoms with Gasteiger partial charge in [0.05, 0.1) is 0 Å². The molecule has 0 bridgehead atoms. The minimum absolute atomic E-state index is 0.0298. The molecule has 1 aromatic carbocycles. The molecule has 1 aliphatic carbocycles. The zero-order valence-corrected chi connectivity index (χ0v) is 16.3. The number of carbonyl (C=O) groups excluding carboxylic acids is 1. The van der Waals surface area contributed by atoms with Crippen LogP contribution in [0.1, 0.15) is 55.7 Å². The van der Waals surface area contributed by atoms with Crippen LogP contribution in [-0.4, -0.2) is 29.6 Å². The fourth-order valence-electron chi connectivity index (χ4n) is 3.14. The zero-order valence-electron chi connectivity index (χ0n) is 15.5. The summed E-state index contributed by atoms with van der Waals surface area (Å²) in [4.78, 5) is 12.2. The minimum atomic E-state index is -0.468. The highest BCUT2D eigenvalue weighted by molar-refractivity contribution is 7.99. The van der Waals surface area contributed by atoms with Gasteiger partial charge in [-0.3, -0.25) is 4.79 Å². The van der Waals surface area contributed by atoms with Gasteiger partial charge in [0.15, 0.2) is 6.10 Å². The van der Waals surface area contributed by atoms with E-state index in [2.05, 4.69) is 18.3 Å². The summed E-state index contributed by atoms with van der Waals surface area (Å²) in [6.45, 7) is 8.70. The highest BCUT2D eigenvalue weighted by Gasteiger charge is 2.17. The fraction of sp³-hybridized carbons (Fsp3) is 0.650. The monoisotopic (exact) mass is 349 g/mol. The molecule has 1 saturated carbocycles. The molecule has 4 heteroatoms. The number of thioether (sulfide) groups is 1. The lowest BCUT2D eigenvalue weighted by molar-refractivity contribution is -0.127. The quantitative estimate of drug-likeness (QED) is 0.733. The third-order valence-electron chi connectivity index (χ3n) is 4.74. The summed E-state index contributed by atoms with van der Waals surface area (Å²) in [7, 11) is 0. The number of carbonyl (C=O) groups is 1. The average Bonchev–Trinajstić information content (AvgIpc) is 2.56. The highest BCUT2D eigenvalue weighted by Crippen LogP contribution is 2.28. The smallest absolute Gasteiger partial charge is 0.260 e. The van der Waals surface area contributed by atoms with Gasteiger partial charge in [0, 0.05) is 17.5 Å². The minimum Gasteiger partial charge on any atom is -0.481 e. The highest BCUT2D eigenvalue weighted by atomic mass is 32.2. The van der Waals surface area contributed by atoms with E-state index in [4.69, 9.17) is 4.74 Å². The van der Waals surface area contributed by atoms with Crippen LogP contribution in [0.5, 0.6) is 5.75 Å². The second-order valence-corrected chi connectivity index (χ2v) is 8.30. The Kier molecular flexibility index (Phi) is 7.47. The predicted molar refractivity (Wildman–Crippen MR) is 103 cm³/mol. The van der Waals surface area contributed by atoms with Gasteiger partial charge in [-0.25, -0.2) is 0 Å². The van der Waals surface area contributed by atoms with Crippen molar-refractivity contribution in [1.82, 2.24) is 5.32 Å². The van der Waals surface area contributed by atoms with Gasteiger partial charge in [0.25, 0.3) is 5.91 Å². The van der Waals surface area contributed by atoms with Crippen LogP contribution in [-0.2, 0) is 4.79 Å². The van der Waals surface area contributed by atoms with Gasteiger partial charge in [-0.15, -0.1) is 0 Å². The van der Waals surface area contributed by atoms with Crippen molar-refractivity contribution in [3.63, 3.8) is 0 Å². The van der Waals surface area contributed by atoms with Gasteiger partial charge in [-0.05, 0) is 63.3 Å². The Balaban J connectivity index is 1.74. The Hall–Kier alpha value is -1.16. The van der Waals surface area contributed by atoms with Crippen LogP contribution in [0.25, 0.3) is 0 Å². The van der Waals surface area contributed by atoms with Crippen molar-refractivity contribution in [2.75, 3.05) is 12.3 Å². The molecule has 0 saturated heterocycles. The first-order chi connectivity index (χ1) is 11.5. The molecular weight excluding hydrogens is 318 g/mol.